The fraction of sp³-hybridized carbons (Fsp3) is 0.294. The first-order valence-corrected chi connectivity index (χ1v) is 6.68. The zero-order valence-corrected chi connectivity index (χ0v) is 11.7. The van der Waals surface area contributed by atoms with Crippen molar-refractivity contribution in [3.8, 4) is 0 Å². The topological polar surface area (TPSA) is 12.0 Å². The van der Waals surface area contributed by atoms with Gasteiger partial charge in [0.1, 0.15) is 5.82 Å². The molecule has 0 heterocycles. The van der Waals surface area contributed by atoms with Crippen LogP contribution in [0.3, 0.4) is 0 Å². The lowest BCUT2D eigenvalue weighted by atomic mass is 9.92. The molecule has 0 aliphatic heterocycles. The van der Waals surface area contributed by atoms with E-state index in [4.69, 9.17) is 0 Å². The second-order valence-corrected chi connectivity index (χ2v) is 4.85. The zero-order chi connectivity index (χ0) is 13.8. The summed E-state index contributed by atoms with van der Waals surface area (Å²) in [5.41, 5.74) is 4.61. The first-order valence-electron chi connectivity index (χ1n) is 6.68. The highest BCUT2D eigenvalue weighted by atomic mass is 19.1. The second kappa shape index (κ2) is 5.98. The van der Waals surface area contributed by atoms with E-state index in [9.17, 15) is 4.39 Å². The van der Waals surface area contributed by atoms with Crippen molar-refractivity contribution < 1.29 is 4.39 Å². The molecular formula is C17H20FN. The van der Waals surface area contributed by atoms with Crippen molar-refractivity contribution in [3.63, 3.8) is 0 Å². The van der Waals surface area contributed by atoms with Crippen LogP contribution >= 0.6 is 0 Å². The maximum Gasteiger partial charge on any atom is 0.123 e. The van der Waals surface area contributed by atoms with Crippen molar-refractivity contribution in [2.45, 2.75) is 26.8 Å². The molecule has 19 heavy (non-hydrogen) atoms. The summed E-state index contributed by atoms with van der Waals surface area (Å²) in [7, 11) is 0. The highest BCUT2D eigenvalue weighted by Crippen LogP contribution is 2.27. The van der Waals surface area contributed by atoms with Crippen molar-refractivity contribution >= 4 is 0 Å². The van der Waals surface area contributed by atoms with Crippen molar-refractivity contribution in [2.24, 2.45) is 0 Å². The molecule has 1 atom stereocenters. The molecule has 0 fully saturated rings. The summed E-state index contributed by atoms with van der Waals surface area (Å²) in [4.78, 5) is 0. The van der Waals surface area contributed by atoms with Crippen molar-refractivity contribution in [1.29, 1.82) is 0 Å². The van der Waals surface area contributed by atoms with Crippen LogP contribution in [-0.4, -0.2) is 6.54 Å². The van der Waals surface area contributed by atoms with Crippen LogP contribution in [0.1, 0.15) is 35.2 Å². The van der Waals surface area contributed by atoms with E-state index < -0.39 is 0 Å². The standard InChI is InChI=1S/C17H20FN/c1-4-19-17(15-8-6-5-7-12(15)2)16-10-9-14(18)11-13(16)3/h5-11,17,19H,4H2,1-3H3. The zero-order valence-electron chi connectivity index (χ0n) is 11.7. The Bertz CT molecular complexity index is 563. The Morgan fingerprint density at radius 1 is 1.00 bits per heavy atom. The molecular weight excluding hydrogens is 237 g/mol. The molecule has 0 aliphatic rings. The van der Waals surface area contributed by atoms with E-state index >= 15 is 0 Å². The highest BCUT2D eigenvalue weighted by molar-refractivity contribution is 5.40. The Morgan fingerprint density at radius 2 is 1.68 bits per heavy atom. The SMILES string of the molecule is CCNC(c1ccccc1C)c1ccc(F)cc1C. The minimum Gasteiger partial charge on any atom is -0.307 e. The molecule has 1 unspecified atom stereocenters. The summed E-state index contributed by atoms with van der Waals surface area (Å²) in [5, 5.41) is 3.49. The van der Waals surface area contributed by atoms with Gasteiger partial charge in [-0.15, -0.1) is 0 Å². The van der Waals surface area contributed by atoms with Crippen LogP contribution in [0.4, 0.5) is 4.39 Å². The van der Waals surface area contributed by atoms with E-state index in [2.05, 4.69) is 31.3 Å². The van der Waals surface area contributed by atoms with E-state index in [1.54, 1.807) is 6.07 Å². The lowest BCUT2D eigenvalue weighted by molar-refractivity contribution is 0.608. The van der Waals surface area contributed by atoms with E-state index in [0.29, 0.717) is 0 Å². The van der Waals surface area contributed by atoms with Gasteiger partial charge in [0.05, 0.1) is 6.04 Å². The van der Waals surface area contributed by atoms with Crippen LogP contribution in [-0.2, 0) is 0 Å². The summed E-state index contributed by atoms with van der Waals surface area (Å²) >= 11 is 0. The van der Waals surface area contributed by atoms with Gasteiger partial charge in [-0.3, -0.25) is 0 Å². The molecule has 2 rings (SSSR count). The number of rotatable bonds is 4. The monoisotopic (exact) mass is 257 g/mol. The van der Waals surface area contributed by atoms with E-state index in [1.807, 2.05) is 25.1 Å². The van der Waals surface area contributed by atoms with Crippen LogP contribution in [0.25, 0.3) is 0 Å². The highest BCUT2D eigenvalue weighted by Gasteiger charge is 2.16. The maximum atomic E-state index is 13.3. The van der Waals surface area contributed by atoms with Crippen molar-refractivity contribution in [3.05, 3.63) is 70.5 Å². The first-order chi connectivity index (χ1) is 9.13. The van der Waals surface area contributed by atoms with Crippen LogP contribution in [0, 0.1) is 19.7 Å². The normalized spacial score (nSPS) is 12.4. The van der Waals surface area contributed by atoms with Gasteiger partial charge in [0.25, 0.3) is 0 Å². The summed E-state index contributed by atoms with van der Waals surface area (Å²) < 4.78 is 13.3. The molecule has 1 N–H and O–H groups in total. The van der Waals surface area contributed by atoms with E-state index in [0.717, 1.165) is 17.7 Å². The van der Waals surface area contributed by atoms with Crippen molar-refractivity contribution in [1.82, 2.24) is 5.32 Å². The van der Waals surface area contributed by atoms with Gasteiger partial charge in [-0.25, -0.2) is 4.39 Å². The maximum absolute atomic E-state index is 13.3. The van der Waals surface area contributed by atoms with Crippen LogP contribution in [0.5, 0.6) is 0 Å². The Hall–Kier alpha value is -1.67. The number of aryl methyl sites for hydroxylation is 2. The predicted molar refractivity (Wildman–Crippen MR) is 77.8 cm³/mol. The molecule has 2 heteroatoms. The summed E-state index contributed by atoms with van der Waals surface area (Å²) in [6.07, 6.45) is 0. The molecule has 100 valence electrons. The summed E-state index contributed by atoms with van der Waals surface area (Å²) in [5.74, 6) is -0.179. The smallest absolute Gasteiger partial charge is 0.123 e. The second-order valence-electron chi connectivity index (χ2n) is 4.85. The van der Waals surface area contributed by atoms with Crippen LogP contribution < -0.4 is 5.32 Å². The number of halogens is 1. The lowest BCUT2D eigenvalue weighted by Gasteiger charge is -2.22. The fourth-order valence-corrected chi connectivity index (χ4v) is 2.47. The van der Waals surface area contributed by atoms with Gasteiger partial charge in [0, 0.05) is 0 Å². The fourth-order valence-electron chi connectivity index (χ4n) is 2.47. The first kappa shape index (κ1) is 13.8. The van der Waals surface area contributed by atoms with Gasteiger partial charge in [-0.2, -0.15) is 0 Å². The predicted octanol–water partition coefficient (Wildman–Crippen LogP) is 4.14. The summed E-state index contributed by atoms with van der Waals surface area (Å²) in [6, 6.07) is 13.5. The van der Waals surface area contributed by atoms with Crippen LogP contribution in [0.2, 0.25) is 0 Å². The number of benzene rings is 2. The molecule has 0 amide bonds. The largest absolute Gasteiger partial charge is 0.307 e. The molecule has 0 spiro atoms. The molecule has 2 aromatic rings. The van der Waals surface area contributed by atoms with Crippen LogP contribution in [0.15, 0.2) is 42.5 Å². The Balaban J connectivity index is 2.48. The Morgan fingerprint density at radius 3 is 2.32 bits per heavy atom. The Labute approximate surface area is 114 Å². The van der Waals surface area contributed by atoms with E-state index in [1.165, 1.54) is 17.2 Å². The number of hydrogen-bond acceptors (Lipinski definition) is 1. The quantitative estimate of drug-likeness (QED) is 0.868. The van der Waals surface area contributed by atoms with E-state index in [-0.39, 0.29) is 11.9 Å². The number of nitrogens with one attached hydrogen (secondary N) is 1. The minimum absolute atomic E-state index is 0.117. The molecule has 0 saturated heterocycles. The molecule has 0 aliphatic carbocycles. The van der Waals surface area contributed by atoms with Crippen molar-refractivity contribution in [2.75, 3.05) is 6.54 Å². The molecule has 0 saturated carbocycles. The lowest BCUT2D eigenvalue weighted by Crippen LogP contribution is -2.23. The van der Waals surface area contributed by atoms with Gasteiger partial charge >= 0.3 is 0 Å². The average molecular weight is 257 g/mol. The van der Waals surface area contributed by atoms with Gasteiger partial charge < -0.3 is 5.32 Å². The molecule has 0 radical (unpaired) electrons. The molecule has 2 aromatic carbocycles. The third-order valence-electron chi connectivity index (χ3n) is 3.45. The average Bonchev–Trinajstić information content (AvgIpc) is 2.38. The number of hydrogen-bond donors (Lipinski definition) is 1. The van der Waals surface area contributed by atoms with Gasteiger partial charge in [0.15, 0.2) is 0 Å². The Kier molecular flexibility index (Phi) is 4.33. The molecule has 0 bridgehead atoms. The third-order valence-corrected chi connectivity index (χ3v) is 3.45. The van der Waals surface area contributed by atoms with Gasteiger partial charge in [0.2, 0.25) is 0 Å². The molecule has 0 aromatic heterocycles. The third kappa shape index (κ3) is 3.02. The van der Waals surface area contributed by atoms with Gasteiger partial charge in [-0.1, -0.05) is 37.3 Å². The van der Waals surface area contributed by atoms with Gasteiger partial charge in [-0.05, 0) is 54.8 Å². The molecule has 1 nitrogen and oxygen atoms in total. The minimum atomic E-state index is -0.179. The summed E-state index contributed by atoms with van der Waals surface area (Å²) in [6.45, 7) is 7.03.